The molecule has 0 amide bonds. The minimum absolute atomic E-state index is 0.0386. The maximum Gasteiger partial charge on any atom is 0.267 e. The van der Waals surface area contributed by atoms with Gasteiger partial charge in [0.2, 0.25) is 0 Å². The average Bonchev–Trinajstić information content (AvgIpc) is 2.71. The Morgan fingerprint density at radius 3 is 2.79 bits per heavy atom. The molecular weight excluding hydrogens is 336 g/mol. The first-order chi connectivity index (χ1) is 8.92. The van der Waals surface area contributed by atoms with Crippen LogP contribution in [0.25, 0.3) is 0 Å². The molecule has 2 N–H and O–H groups in total. The molecule has 0 aliphatic heterocycles. The van der Waals surface area contributed by atoms with Gasteiger partial charge in [-0.1, -0.05) is 6.07 Å². The van der Waals surface area contributed by atoms with Crippen LogP contribution in [0.1, 0.15) is 11.5 Å². The van der Waals surface area contributed by atoms with E-state index in [1.165, 1.54) is 6.07 Å². The number of aromatic nitrogens is 1. The van der Waals surface area contributed by atoms with Crippen molar-refractivity contribution < 1.29 is 17.9 Å². The molecule has 0 saturated carbocycles. The van der Waals surface area contributed by atoms with Gasteiger partial charge in [0.25, 0.3) is 10.0 Å². The second kappa shape index (κ2) is 5.32. The number of anilines is 1. The Labute approximate surface area is 118 Å². The molecule has 19 heavy (non-hydrogen) atoms. The van der Waals surface area contributed by atoms with E-state index < -0.39 is 10.0 Å². The summed E-state index contributed by atoms with van der Waals surface area (Å²) in [6.45, 7) is 1.38. The first-order valence-corrected chi connectivity index (χ1v) is 7.55. The Morgan fingerprint density at radius 2 is 2.21 bits per heavy atom. The third kappa shape index (κ3) is 3.14. The van der Waals surface area contributed by atoms with Crippen LogP contribution in [0.3, 0.4) is 0 Å². The first-order valence-electron chi connectivity index (χ1n) is 5.28. The minimum atomic E-state index is -3.81. The van der Waals surface area contributed by atoms with Crippen molar-refractivity contribution in [3.63, 3.8) is 0 Å². The van der Waals surface area contributed by atoms with Gasteiger partial charge in [0.15, 0.2) is 4.67 Å². The van der Waals surface area contributed by atoms with Gasteiger partial charge in [-0.25, -0.2) is 13.4 Å². The van der Waals surface area contributed by atoms with Gasteiger partial charge in [0.1, 0.15) is 23.1 Å². The fourth-order valence-electron chi connectivity index (χ4n) is 1.45. The molecule has 102 valence electrons. The summed E-state index contributed by atoms with van der Waals surface area (Å²) in [5.74, 6) is 0.378. The van der Waals surface area contributed by atoms with Crippen LogP contribution in [0.15, 0.2) is 38.2 Å². The number of nitrogens with zero attached hydrogens (tertiary/aromatic N) is 1. The molecule has 6 nitrogen and oxygen atoms in total. The molecule has 0 saturated heterocycles. The summed E-state index contributed by atoms with van der Waals surface area (Å²) in [7, 11) is -3.81. The predicted molar refractivity (Wildman–Crippen MR) is 72.1 cm³/mol. The van der Waals surface area contributed by atoms with Gasteiger partial charge in [-0.15, -0.1) is 0 Å². The van der Waals surface area contributed by atoms with Crippen LogP contribution in [0.4, 0.5) is 5.82 Å². The van der Waals surface area contributed by atoms with Crippen molar-refractivity contribution in [1.82, 2.24) is 4.98 Å². The number of aryl methyl sites for hydroxylation is 1. The number of hydrogen-bond acceptors (Lipinski definition) is 5. The molecule has 0 radical (unpaired) electrons. The lowest BCUT2D eigenvalue weighted by atomic mass is 10.4. The molecule has 2 rings (SSSR count). The number of aliphatic hydroxyl groups excluding tert-OH is 1. The van der Waals surface area contributed by atoms with E-state index in [-0.39, 0.29) is 27.7 Å². The zero-order valence-corrected chi connectivity index (χ0v) is 12.3. The van der Waals surface area contributed by atoms with Crippen molar-refractivity contribution in [3.05, 3.63) is 40.4 Å². The molecule has 2 heterocycles. The van der Waals surface area contributed by atoms with Crippen LogP contribution in [-0.4, -0.2) is 18.5 Å². The number of aliphatic hydroxyl groups is 1. The summed E-state index contributed by atoms with van der Waals surface area (Å²) in [5.41, 5.74) is 0.697. The third-order valence-corrected chi connectivity index (χ3v) is 4.49. The Hall–Kier alpha value is -1.38. The van der Waals surface area contributed by atoms with Crippen molar-refractivity contribution in [2.24, 2.45) is 0 Å². The number of pyridine rings is 1. The van der Waals surface area contributed by atoms with Gasteiger partial charge in [-0.2, -0.15) is 0 Å². The second-order valence-electron chi connectivity index (χ2n) is 3.78. The van der Waals surface area contributed by atoms with Crippen molar-refractivity contribution in [2.45, 2.75) is 18.4 Å². The molecule has 0 unspecified atom stereocenters. The van der Waals surface area contributed by atoms with Crippen molar-refractivity contribution in [3.8, 4) is 0 Å². The molecule has 0 fully saturated rings. The van der Waals surface area contributed by atoms with E-state index in [4.69, 9.17) is 9.52 Å². The zero-order valence-electron chi connectivity index (χ0n) is 9.92. The van der Waals surface area contributed by atoms with Gasteiger partial charge in [0.05, 0.1) is 0 Å². The van der Waals surface area contributed by atoms with Gasteiger partial charge in [-0.3, -0.25) is 4.72 Å². The summed E-state index contributed by atoms with van der Waals surface area (Å²) >= 11 is 3.00. The maximum atomic E-state index is 12.1. The second-order valence-corrected chi connectivity index (χ2v) is 6.15. The average molecular weight is 347 g/mol. The van der Waals surface area contributed by atoms with Crippen LogP contribution in [0.2, 0.25) is 0 Å². The summed E-state index contributed by atoms with van der Waals surface area (Å²) in [5, 5.41) is 8.93. The zero-order chi connectivity index (χ0) is 14.0. The number of halogens is 1. The summed E-state index contributed by atoms with van der Waals surface area (Å²) in [6, 6.07) is 6.26. The topological polar surface area (TPSA) is 92.4 Å². The normalized spacial score (nSPS) is 11.5. The molecule has 0 bridgehead atoms. The quantitative estimate of drug-likeness (QED) is 0.883. The van der Waals surface area contributed by atoms with Crippen LogP contribution < -0.4 is 4.72 Å². The molecule has 2 aromatic heterocycles. The minimum Gasteiger partial charge on any atom is -0.450 e. The van der Waals surface area contributed by atoms with Gasteiger partial charge in [-0.05, 0) is 35.0 Å². The molecule has 0 spiro atoms. The highest BCUT2D eigenvalue weighted by Crippen LogP contribution is 2.27. The van der Waals surface area contributed by atoms with Crippen LogP contribution in [-0.2, 0) is 16.6 Å². The number of rotatable bonds is 4. The van der Waals surface area contributed by atoms with E-state index in [1.807, 2.05) is 0 Å². The Balaban J connectivity index is 2.34. The van der Waals surface area contributed by atoms with Crippen molar-refractivity contribution in [1.29, 1.82) is 0 Å². The lowest BCUT2D eigenvalue weighted by Crippen LogP contribution is -2.13. The fourth-order valence-corrected chi connectivity index (χ4v) is 3.45. The fraction of sp³-hybridized carbons (Fsp3) is 0.182. The Kier molecular flexibility index (Phi) is 3.93. The van der Waals surface area contributed by atoms with Crippen LogP contribution in [0, 0.1) is 6.92 Å². The van der Waals surface area contributed by atoms with Crippen LogP contribution in [0.5, 0.6) is 0 Å². The summed E-state index contributed by atoms with van der Waals surface area (Å²) < 4.78 is 31.7. The Morgan fingerprint density at radius 1 is 1.47 bits per heavy atom. The van der Waals surface area contributed by atoms with E-state index in [0.29, 0.717) is 5.69 Å². The third-order valence-electron chi connectivity index (χ3n) is 2.28. The first kappa shape index (κ1) is 14.0. The van der Waals surface area contributed by atoms with Crippen LogP contribution >= 0.6 is 15.9 Å². The lowest BCUT2D eigenvalue weighted by molar-refractivity contribution is 0.245. The highest BCUT2D eigenvalue weighted by molar-refractivity contribution is 9.10. The SMILES string of the molecule is Cc1cccc(NS(=O)(=O)c2cc(CO)oc2Br)n1. The van der Waals surface area contributed by atoms with E-state index in [2.05, 4.69) is 25.6 Å². The standard InChI is InChI=1S/C11H11BrN2O4S/c1-7-3-2-4-10(13-7)14-19(16,17)9-5-8(6-15)18-11(9)12/h2-5,15H,6H2,1H3,(H,13,14). The van der Waals surface area contributed by atoms with Gasteiger partial charge < -0.3 is 9.52 Å². The van der Waals surface area contributed by atoms with E-state index in [9.17, 15) is 8.42 Å². The van der Waals surface area contributed by atoms with Crippen molar-refractivity contribution in [2.75, 3.05) is 4.72 Å². The molecule has 8 heteroatoms. The lowest BCUT2D eigenvalue weighted by Gasteiger charge is -2.06. The summed E-state index contributed by atoms with van der Waals surface area (Å²) in [6.07, 6.45) is 0. The predicted octanol–water partition coefficient (Wildman–Crippen LogP) is 2.04. The molecule has 2 aromatic rings. The van der Waals surface area contributed by atoms with E-state index in [0.717, 1.165) is 0 Å². The molecular formula is C11H11BrN2O4S. The Bertz CT molecular complexity index is 696. The number of hydrogen-bond donors (Lipinski definition) is 2. The summed E-state index contributed by atoms with van der Waals surface area (Å²) in [4.78, 5) is 3.97. The molecule has 0 aliphatic rings. The molecule has 0 aromatic carbocycles. The number of sulfonamides is 1. The monoisotopic (exact) mass is 346 g/mol. The number of furan rings is 1. The molecule has 0 atom stereocenters. The number of nitrogens with one attached hydrogen (secondary N) is 1. The molecule has 0 aliphatic carbocycles. The highest BCUT2D eigenvalue weighted by Gasteiger charge is 2.22. The van der Waals surface area contributed by atoms with Gasteiger partial charge >= 0.3 is 0 Å². The highest BCUT2D eigenvalue weighted by atomic mass is 79.9. The smallest absolute Gasteiger partial charge is 0.267 e. The van der Waals surface area contributed by atoms with Gasteiger partial charge in [0, 0.05) is 11.8 Å². The van der Waals surface area contributed by atoms with E-state index in [1.54, 1.807) is 25.1 Å². The van der Waals surface area contributed by atoms with Crippen molar-refractivity contribution >= 4 is 31.8 Å². The maximum absolute atomic E-state index is 12.1. The van der Waals surface area contributed by atoms with E-state index >= 15 is 0 Å². The largest absolute Gasteiger partial charge is 0.450 e.